The number of carbonyl (C=O) groups excluding carboxylic acids is 2. The molecule has 6 rings (SSSR count). The Kier molecular flexibility index (Phi) is 6.75. The number of carbonyl (C=O) groups is 2. The van der Waals surface area contributed by atoms with Gasteiger partial charge in [-0.3, -0.25) is 9.59 Å². The van der Waals surface area contributed by atoms with Gasteiger partial charge in [0.15, 0.2) is 0 Å². The van der Waals surface area contributed by atoms with Crippen molar-refractivity contribution in [3.05, 3.63) is 72.4 Å². The van der Waals surface area contributed by atoms with Crippen LogP contribution in [0.2, 0.25) is 0 Å². The summed E-state index contributed by atoms with van der Waals surface area (Å²) in [6.07, 6.45) is 10.1. The Labute approximate surface area is 224 Å². The number of nitrogens with two attached hydrogens (primary N) is 1. The van der Waals surface area contributed by atoms with E-state index in [1.54, 1.807) is 0 Å². The molecule has 2 heterocycles. The molecule has 2 aromatic carbocycles. The van der Waals surface area contributed by atoms with Crippen molar-refractivity contribution in [3.8, 4) is 22.3 Å². The molecule has 0 unspecified atom stereocenters. The Morgan fingerprint density at radius 3 is 2.34 bits per heavy atom. The second kappa shape index (κ2) is 10.3. The lowest BCUT2D eigenvalue weighted by Gasteiger charge is -2.34. The van der Waals surface area contributed by atoms with E-state index in [0.717, 1.165) is 73.7 Å². The van der Waals surface area contributed by atoms with Crippen molar-refractivity contribution in [1.82, 2.24) is 9.88 Å². The van der Waals surface area contributed by atoms with Crippen molar-refractivity contribution in [2.24, 2.45) is 11.7 Å². The second-order valence-electron chi connectivity index (χ2n) is 11.3. The van der Waals surface area contributed by atoms with Crippen LogP contribution >= 0.6 is 0 Å². The van der Waals surface area contributed by atoms with Crippen LogP contribution in [0.1, 0.15) is 63.4 Å². The lowest BCUT2D eigenvalue weighted by atomic mass is 9.83. The van der Waals surface area contributed by atoms with Crippen molar-refractivity contribution in [1.29, 1.82) is 0 Å². The highest BCUT2D eigenvalue weighted by Crippen LogP contribution is 2.43. The van der Waals surface area contributed by atoms with Gasteiger partial charge in [0.1, 0.15) is 5.82 Å². The predicted molar refractivity (Wildman–Crippen MR) is 150 cm³/mol. The van der Waals surface area contributed by atoms with Gasteiger partial charge in [0, 0.05) is 42.7 Å². The Bertz CT molecular complexity index is 1310. The number of likely N-dealkylation sites (tertiary alicyclic amines) is 1. The number of nitrogens with zero attached hydrogens (tertiary/aromatic N) is 2. The molecule has 2 amide bonds. The molecule has 38 heavy (non-hydrogen) atoms. The fourth-order valence-electron chi connectivity index (χ4n) is 6.19. The maximum absolute atomic E-state index is 13.0. The van der Waals surface area contributed by atoms with E-state index in [4.69, 9.17) is 5.73 Å². The molecule has 1 aromatic heterocycles. The molecule has 1 aliphatic heterocycles. The molecular weight excluding hydrogens is 472 g/mol. The van der Waals surface area contributed by atoms with Gasteiger partial charge < -0.3 is 16.0 Å². The minimum atomic E-state index is -0.155. The fraction of sp³-hybridized carbons (Fsp3) is 0.406. The normalized spacial score (nSPS) is 22.3. The first-order valence-electron chi connectivity index (χ1n) is 14.0. The molecule has 3 aromatic rings. The number of amides is 2. The van der Waals surface area contributed by atoms with Gasteiger partial charge >= 0.3 is 0 Å². The van der Waals surface area contributed by atoms with E-state index in [9.17, 15) is 9.59 Å². The Hall–Kier alpha value is -3.51. The summed E-state index contributed by atoms with van der Waals surface area (Å²) in [4.78, 5) is 31.8. The molecule has 6 heteroatoms. The van der Waals surface area contributed by atoms with Crippen molar-refractivity contribution < 1.29 is 9.59 Å². The van der Waals surface area contributed by atoms with E-state index >= 15 is 0 Å². The summed E-state index contributed by atoms with van der Waals surface area (Å²) in [7, 11) is 0. The molecule has 0 spiro atoms. The Morgan fingerprint density at radius 2 is 1.68 bits per heavy atom. The van der Waals surface area contributed by atoms with Crippen LogP contribution in [0.25, 0.3) is 22.3 Å². The number of anilines is 1. The zero-order valence-electron chi connectivity index (χ0n) is 21.9. The summed E-state index contributed by atoms with van der Waals surface area (Å²) < 4.78 is 0. The summed E-state index contributed by atoms with van der Waals surface area (Å²) in [5.41, 5.74) is 11.6. The van der Waals surface area contributed by atoms with Crippen LogP contribution in [-0.4, -0.2) is 34.3 Å². The van der Waals surface area contributed by atoms with Crippen LogP contribution in [0.3, 0.4) is 0 Å². The van der Waals surface area contributed by atoms with Crippen LogP contribution in [0, 0.1) is 5.92 Å². The van der Waals surface area contributed by atoms with Crippen LogP contribution in [0.4, 0.5) is 5.82 Å². The topological polar surface area (TPSA) is 88.3 Å². The van der Waals surface area contributed by atoms with Gasteiger partial charge in [0.25, 0.3) is 0 Å². The molecule has 2 aliphatic carbocycles. The van der Waals surface area contributed by atoms with Crippen molar-refractivity contribution in [3.63, 3.8) is 0 Å². The summed E-state index contributed by atoms with van der Waals surface area (Å²) in [5.74, 6) is 1.24. The molecule has 0 bridgehead atoms. The van der Waals surface area contributed by atoms with Gasteiger partial charge in [-0.2, -0.15) is 0 Å². The van der Waals surface area contributed by atoms with Gasteiger partial charge in [0.2, 0.25) is 11.8 Å². The molecule has 1 saturated heterocycles. The lowest BCUT2D eigenvalue weighted by Crippen LogP contribution is -2.39. The fourth-order valence-corrected chi connectivity index (χ4v) is 6.19. The maximum Gasteiger partial charge on any atom is 0.225 e. The average molecular weight is 509 g/mol. The zero-order valence-corrected chi connectivity index (χ0v) is 21.9. The number of hydrogen-bond donors (Lipinski definition) is 2. The van der Waals surface area contributed by atoms with Crippen LogP contribution in [0.5, 0.6) is 0 Å². The molecule has 3 fully saturated rings. The molecular formula is C32H36N4O2. The van der Waals surface area contributed by atoms with Crippen molar-refractivity contribution in [2.75, 3.05) is 11.9 Å². The quantitative estimate of drug-likeness (QED) is 0.418. The zero-order chi connectivity index (χ0) is 26.1. The molecule has 196 valence electrons. The monoisotopic (exact) mass is 508 g/mol. The third kappa shape index (κ3) is 5.23. The lowest BCUT2D eigenvalue weighted by molar-refractivity contribution is -0.130. The summed E-state index contributed by atoms with van der Waals surface area (Å²) in [6, 6.07) is 21.1. The number of benzene rings is 2. The van der Waals surface area contributed by atoms with Gasteiger partial charge in [-0.1, -0.05) is 54.6 Å². The maximum atomic E-state index is 13.0. The highest BCUT2D eigenvalue weighted by Gasteiger charge is 2.39. The summed E-state index contributed by atoms with van der Waals surface area (Å²) >= 11 is 0. The van der Waals surface area contributed by atoms with Crippen molar-refractivity contribution >= 4 is 17.6 Å². The van der Waals surface area contributed by atoms with E-state index in [1.165, 1.54) is 5.56 Å². The average Bonchev–Trinajstić information content (AvgIpc) is 3.56. The van der Waals surface area contributed by atoms with E-state index in [1.807, 2.05) is 30.5 Å². The second-order valence-corrected chi connectivity index (χ2v) is 11.3. The molecule has 2 saturated carbocycles. The first-order chi connectivity index (χ1) is 18.5. The first kappa shape index (κ1) is 24.8. The number of rotatable bonds is 7. The van der Waals surface area contributed by atoms with E-state index < -0.39 is 0 Å². The van der Waals surface area contributed by atoms with E-state index in [0.29, 0.717) is 36.5 Å². The van der Waals surface area contributed by atoms with Gasteiger partial charge in [0.05, 0.1) is 0 Å². The van der Waals surface area contributed by atoms with Crippen LogP contribution in [-0.2, 0) is 15.1 Å². The Balaban J connectivity index is 1.15. The standard InChI is InChI=1S/C32H36N4O2/c33-32(16-17-32)25-12-10-24(11-13-25)28-21-34-29(20-27(28)23-5-2-1-3-6-23)35-30(37)19-22-8-14-26(15-9-22)36-18-4-7-31(36)38/h1-3,5-6,10-13,20-22,26H,4,7-9,14-19,33H2,(H,34,35,37). The number of nitrogens with one attached hydrogen (secondary N) is 1. The third-order valence-corrected chi connectivity index (χ3v) is 8.66. The molecule has 6 nitrogen and oxygen atoms in total. The minimum absolute atomic E-state index is 0.00647. The predicted octanol–water partition coefficient (Wildman–Crippen LogP) is 5.87. The highest BCUT2D eigenvalue weighted by molar-refractivity contribution is 5.92. The molecule has 0 radical (unpaired) electrons. The third-order valence-electron chi connectivity index (χ3n) is 8.66. The SMILES string of the molecule is NC1(c2ccc(-c3cnc(NC(=O)CC4CCC(N5CCCC5=O)CC4)cc3-c3ccccc3)cc2)CC1. The van der Waals surface area contributed by atoms with E-state index in [-0.39, 0.29) is 11.4 Å². The summed E-state index contributed by atoms with van der Waals surface area (Å²) in [5, 5.41) is 3.06. The highest BCUT2D eigenvalue weighted by atomic mass is 16.2. The van der Waals surface area contributed by atoms with Crippen LogP contribution in [0.15, 0.2) is 66.9 Å². The van der Waals surface area contributed by atoms with Crippen molar-refractivity contribution in [2.45, 2.75) is 69.4 Å². The van der Waals surface area contributed by atoms with Gasteiger partial charge in [-0.15, -0.1) is 0 Å². The number of pyridine rings is 1. The smallest absolute Gasteiger partial charge is 0.225 e. The van der Waals surface area contributed by atoms with Crippen LogP contribution < -0.4 is 11.1 Å². The number of hydrogen-bond acceptors (Lipinski definition) is 4. The summed E-state index contributed by atoms with van der Waals surface area (Å²) in [6.45, 7) is 0.901. The Morgan fingerprint density at radius 1 is 0.974 bits per heavy atom. The first-order valence-corrected chi connectivity index (χ1v) is 14.0. The molecule has 3 N–H and O–H groups in total. The van der Waals surface area contributed by atoms with Gasteiger partial charge in [-0.25, -0.2) is 4.98 Å². The van der Waals surface area contributed by atoms with E-state index in [2.05, 4.69) is 51.6 Å². The number of aromatic nitrogens is 1. The largest absolute Gasteiger partial charge is 0.340 e. The molecule has 3 aliphatic rings. The molecule has 0 atom stereocenters. The van der Waals surface area contributed by atoms with Gasteiger partial charge in [-0.05, 0) is 79.2 Å². The minimum Gasteiger partial charge on any atom is -0.340 e.